The number of rotatable bonds is 6. The molecule has 3 aliphatic rings. The fourth-order valence-electron chi connectivity index (χ4n) is 6.72. The number of fused-ring (bicyclic) bond motifs is 9. The van der Waals surface area contributed by atoms with Crippen LogP contribution in [0.25, 0.3) is 22.4 Å². The van der Waals surface area contributed by atoms with Gasteiger partial charge in [0.05, 0.1) is 23.9 Å². The number of nitriles is 1. The van der Waals surface area contributed by atoms with E-state index in [1.54, 1.807) is 7.28 Å². The van der Waals surface area contributed by atoms with E-state index in [-0.39, 0.29) is 23.2 Å². The number of benzene rings is 1. The molecule has 9 heteroatoms. The average molecular weight is 527 g/mol. The van der Waals surface area contributed by atoms with Gasteiger partial charge in [0.25, 0.3) is 13.2 Å². The normalized spacial score (nSPS) is 20.2. The average Bonchev–Trinajstić information content (AvgIpc) is 3.48. The van der Waals surface area contributed by atoms with Crippen LogP contribution in [-0.4, -0.2) is 51.3 Å². The van der Waals surface area contributed by atoms with Gasteiger partial charge in [0.1, 0.15) is 11.6 Å². The third-order valence-corrected chi connectivity index (χ3v) is 8.93. The standard InChI is InChI=1S/C31H28BN6O2/c1-4-40-18(2)21-7-5-8-22-26(21)23-14-25(37(3)29(22)39)28-27(23)24-13-19(9-12-38(24)36-28)20-15-34-30(35-16-20)31(32-17-33)10-6-11-31/h5,7-9,12-13,15-16,23,25H,2,4,6,10-11,14H2,1,3H3. The number of carbonyl (C=O) groups excluding carboxylic acids is 1. The molecule has 1 radical (unpaired) electrons. The van der Waals surface area contributed by atoms with Crippen molar-refractivity contribution in [3.8, 4) is 17.1 Å². The summed E-state index contributed by atoms with van der Waals surface area (Å²) in [6, 6.07) is 9.85. The highest BCUT2D eigenvalue weighted by Crippen LogP contribution is 2.53. The summed E-state index contributed by atoms with van der Waals surface area (Å²) >= 11 is 0. The van der Waals surface area contributed by atoms with Crippen molar-refractivity contribution in [2.75, 3.05) is 13.7 Å². The molecule has 0 N–H and O–H groups in total. The Labute approximate surface area is 233 Å². The van der Waals surface area contributed by atoms with Crippen molar-refractivity contribution in [1.82, 2.24) is 24.5 Å². The van der Waals surface area contributed by atoms with Crippen molar-refractivity contribution in [2.24, 2.45) is 0 Å². The first-order valence-electron chi connectivity index (χ1n) is 13.8. The summed E-state index contributed by atoms with van der Waals surface area (Å²) in [4.78, 5) is 24.8. The van der Waals surface area contributed by atoms with Crippen LogP contribution in [0.5, 0.6) is 0 Å². The monoisotopic (exact) mass is 527 g/mol. The van der Waals surface area contributed by atoms with Gasteiger partial charge in [-0.1, -0.05) is 25.1 Å². The highest BCUT2D eigenvalue weighted by atomic mass is 16.5. The zero-order chi connectivity index (χ0) is 27.6. The van der Waals surface area contributed by atoms with Gasteiger partial charge in [-0.2, -0.15) is 5.10 Å². The number of hydrogen-bond donors (Lipinski definition) is 0. The third-order valence-electron chi connectivity index (χ3n) is 8.93. The molecular weight excluding hydrogens is 499 g/mol. The SMILES string of the molecule is C=C(OCC)c1cccc2c1C1CC(c3nn4ccc(-c5cnc(C6([B]C#N)CCC6)nc5)cc4c31)N(C)C2=O. The van der Waals surface area contributed by atoms with E-state index in [1.807, 2.05) is 66.2 Å². The molecule has 2 unspecified atom stereocenters. The Kier molecular flexibility index (Phi) is 5.56. The number of amides is 1. The first kappa shape index (κ1) is 24.6. The van der Waals surface area contributed by atoms with Gasteiger partial charge < -0.3 is 9.64 Å². The molecule has 4 heterocycles. The van der Waals surface area contributed by atoms with Gasteiger partial charge >= 0.3 is 0 Å². The molecular formula is C31H28BN6O2. The molecule has 2 bridgehead atoms. The quantitative estimate of drug-likeness (QED) is 0.258. The van der Waals surface area contributed by atoms with Gasteiger partial charge in [0.15, 0.2) is 0 Å². The number of ether oxygens (including phenoxy) is 1. The van der Waals surface area contributed by atoms with Crippen LogP contribution >= 0.6 is 0 Å². The van der Waals surface area contributed by atoms with Gasteiger partial charge in [0.2, 0.25) is 0 Å². The van der Waals surface area contributed by atoms with Crippen molar-refractivity contribution in [1.29, 1.82) is 5.26 Å². The Balaban J connectivity index is 1.35. The molecule has 4 aromatic rings. The maximum Gasteiger partial charge on any atom is 0.269 e. The number of aromatic nitrogens is 4. The first-order chi connectivity index (χ1) is 19.5. The van der Waals surface area contributed by atoms with E-state index in [0.29, 0.717) is 23.8 Å². The van der Waals surface area contributed by atoms with Gasteiger partial charge in [-0.15, -0.1) is 0 Å². The largest absolute Gasteiger partial charge is 0.494 e. The summed E-state index contributed by atoms with van der Waals surface area (Å²) in [5.74, 6) is 3.46. The minimum Gasteiger partial charge on any atom is -0.494 e. The zero-order valence-corrected chi connectivity index (χ0v) is 22.6. The predicted molar refractivity (Wildman–Crippen MR) is 152 cm³/mol. The van der Waals surface area contributed by atoms with Gasteiger partial charge in [0, 0.05) is 59.1 Å². The number of hydrogen-bond acceptors (Lipinski definition) is 6. The molecule has 1 fully saturated rings. The maximum absolute atomic E-state index is 13.6. The number of pyridine rings is 1. The van der Waals surface area contributed by atoms with Crippen molar-refractivity contribution in [3.63, 3.8) is 0 Å². The third kappa shape index (κ3) is 3.45. The molecule has 1 amide bonds. The first-order valence-corrected chi connectivity index (χ1v) is 13.8. The van der Waals surface area contributed by atoms with E-state index in [0.717, 1.165) is 64.7 Å². The molecule has 2 atom stereocenters. The molecule has 0 saturated heterocycles. The molecule has 2 aliphatic carbocycles. The minimum atomic E-state index is -0.320. The Hall–Kier alpha value is -4.45. The van der Waals surface area contributed by atoms with E-state index in [2.05, 4.69) is 28.6 Å². The van der Waals surface area contributed by atoms with E-state index in [4.69, 9.17) is 9.84 Å². The lowest BCUT2D eigenvalue weighted by atomic mass is 9.44. The highest BCUT2D eigenvalue weighted by Gasteiger charge is 2.46. The van der Waals surface area contributed by atoms with Crippen molar-refractivity contribution >= 4 is 24.5 Å². The lowest BCUT2D eigenvalue weighted by molar-refractivity contribution is 0.0734. The topological polar surface area (TPSA) is 96.4 Å². The summed E-state index contributed by atoms with van der Waals surface area (Å²) in [5, 5.41) is 13.9. The fourth-order valence-corrected chi connectivity index (χ4v) is 6.72. The predicted octanol–water partition coefficient (Wildman–Crippen LogP) is 5.03. The van der Waals surface area contributed by atoms with Crippen molar-refractivity contribution < 1.29 is 9.53 Å². The maximum atomic E-state index is 13.6. The molecule has 8 nitrogen and oxygen atoms in total. The summed E-state index contributed by atoms with van der Waals surface area (Å²) in [6.07, 6.45) is 9.33. The van der Waals surface area contributed by atoms with E-state index < -0.39 is 0 Å². The summed E-state index contributed by atoms with van der Waals surface area (Å²) in [6.45, 7) is 6.63. The van der Waals surface area contributed by atoms with Crippen LogP contribution in [0, 0.1) is 11.2 Å². The molecule has 197 valence electrons. The molecule has 40 heavy (non-hydrogen) atoms. The van der Waals surface area contributed by atoms with Gasteiger partial charge in [-0.05, 0) is 61.5 Å². The number of carbonyl (C=O) groups is 1. The van der Waals surface area contributed by atoms with Crippen LogP contribution in [0.15, 0.2) is 55.5 Å². The van der Waals surface area contributed by atoms with Crippen LogP contribution in [0.1, 0.15) is 83.1 Å². The van der Waals surface area contributed by atoms with E-state index in [1.165, 1.54) is 0 Å². The van der Waals surface area contributed by atoms with Crippen LogP contribution < -0.4 is 0 Å². The second-order valence-electron chi connectivity index (χ2n) is 11.0. The van der Waals surface area contributed by atoms with Gasteiger partial charge in [-0.25, -0.2) is 19.7 Å². The van der Waals surface area contributed by atoms with Gasteiger partial charge in [-0.3, -0.25) is 4.79 Å². The van der Waals surface area contributed by atoms with E-state index in [9.17, 15) is 10.1 Å². The Morgan fingerprint density at radius 3 is 2.73 bits per heavy atom. The van der Waals surface area contributed by atoms with Crippen LogP contribution in [0.3, 0.4) is 0 Å². The van der Waals surface area contributed by atoms with Crippen LogP contribution in [0.2, 0.25) is 0 Å². The molecule has 7 rings (SSSR count). The molecule has 3 aromatic heterocycles. The second-order valence-corrected chi connectivity index (χ2v) is 11.0. The molecule has 0 spiro atoms. The molecule has 1 aromatic carbocycles. The number of nitrogens with zero attached hydrogens (tertiary/aromatic N) is 6. The summed E-state index contributed by atoms with van der Waals surface area (Å²) < 4.78 is 7.74. The molecule has 1 saturated carbocycles. The minimum absolute atomic E-state index is 0.00726. The Morgan fingerprint density at radius 2 is 2.02 bits per heavy atom. The highest BCUT2D eigenvalue weighted by molar-refractivity contribution is 6.49. The zero-order valence-electron chi connectivity index (χ0n) is 22.6. The van der Waals surface area contributed by atoms with E-state index >= 15 is 0 Å². The smallest absolute Gasteiger partial charge is 0.269 e. The van der Waals surface area contributed by atoms with Crippen LogP contribution in [-0.2, 0) is 10.1 Å². The Bertz CT molecular complexity index is 1730. The lowest BCUT2D eigenvalue weighted by Crippen LogP contribution is -2.41. The summed E-state index contributed by atoms with van der Waals surface area (Å²) in [5.41, 5.74) is 7.50. The second kappa shape index (κ2) is 9.05. The van der Waals surface area contributed by atoms with Crippen molar-refractivity contribution in [3.05, 3.63) is 89.3 Å². The fraction of sp³-hybridized carbons (Fsp3) is 0.323. The van der Waals surface area contributed by atoms with Crippen molar-refractivity contribution in [2.45, 2.75) is 49.9 Å². The lowest BCUT2D eigenvalue weighted by Gasteiger charge is -2.37. The van der Waals surface area contributed by atoms with Crippen LogP contribution in [0.4, 0.5) is 0 Å². The Morgan fingerprint density at radius 1 is 1.23 bits per heavy atom. The summed E-state index contributed by atoms with van der Waals surface area (Å²) in [7, 11) is 3.55. The molecule has 1 aliphatic heterocycles.